The lowest BCUT2D eigenvalue weighted by Crippen LogP contribution is -2.42. The molecule has 0 saturated heterocycles. The van der Waals surface area contributed by atoms with Gasteiger partial charge in [-0.1, -0.05) is 13.0 Å². The molecule has 0 spiro atoms. The highest BCUT2D eigenvalue weighted by Crippen LogP contribution is 2.14. The number of aromatic nitrogens is 1. The summed E-state index contributed by atoms with van der Waals surface area (Å²) in [4.78, 5) is 21.9. The third-order valence-electron chi connectivity index (χ3n) is 2.49. The summed E-state index contributed by atoms with van der Waals surface area (Å²) in [6.45, 7) is 1.91. The Balaban J connectivity index is 2.90. The first-order valence-corrected chi connectivity index (χ1v) is 5.31. The fourth-order valence-electron chi connectivity index (χ4n) is 1.65. The molecule has 0 radical (unpaired) electrons. The van der Waals surface area contributed by atoms with Crippen molar-refractivity contribution in [2.75, 3.05) is 7.11 Å². The van der Waals surface area contributed by atoms with E-state index in [-0.39, 0.29) is 24.9 Å². The van der Waals surface area contributed by atoms with Crippen LogP contribution in [0.25, 0.3) is 0 Å². The maximum absolute atomic E-state index is 11.2. The van der Waals surface area contributed by atoms with Crippen LogP contribution < -0.4 is 4.57 Å². The number of hydrogen-bond acceptors (Lipinski definition) is 3. The van der Waals surface area contributed by atoms with Crippen LogP contribution in [0.3, 0.4) is 0 Å². The second-order valence-electron chi connectivity index (χ2n) is 3.83. The maximum Gasteiger partial charge on any atom is 0.372 e. The van der Waals surface area contributed by atoms with Crippen molar-refractivity contribution in [3.63, 3.8) is 0 Å². The lowest BCUT2D eigenvalue weighted by atomic mass is 10.0. The molecule has 0 amide bonds. The molecular formula is C12H16NO4+. The number of carbonyl (C=O) groups is 2. The van der Waals surface area contributed by atoms with Crippen LogP contribution in [0.1, 0.15) is 25.0 Å². The highest BCUT2D eigenvalue weighted by molar-refractivity contribution is 5.68. The molecule has 92 valence electrons. The fourth-order valence-corrected chi connectivity index (χ4v) is 1.65. The molecule has 1 heterocycles. The average Bonchev–Trinajstić information content (AvgIpc) is 2.28. The molecule has 5 heteroatoms. The highest BCUT2D eigenvalue weighted by Gasteiger charge is 2.21. The van der Waals surface area contributed by atoms with E-state index in [9.17, 15) is 9.59 Å². The molecule has 0 fully saturated rings. The minimum absolute atomic E-state index is 0.0329. The van der Waals surface area contributed by atoms with Gasteiger partial charge in [-0.2, -0.15) is 4.57 Å². The minimum Gasteiger partial charge on any atom is -0.481 e. The van der Waals surface area contributed by atoms with E-state index in [1.165, 1.54) is 7.11 Å². The van der Waals surface area contributed by atoms with Gasteiger partial charge in [-0.05, 0) is 0 Å². The number of esters is 1. The van der Waals surface area contributed by atoms with Crippen LogP contribution in [-0.2, 0) is 20.9 Å². The molecule has 5 nitrogen and oxygen atoms in total. The summed E-state index contributed by atoms with van der Waals surface area (Å²) >= 11 is 0. The SMILES string of the molecule is COC(=O)C[n+]1ccccc1C(C)CC(=O)O. The molecule has 0 aliphatic carbocycles. The summed E-state index contributed by atoms with van der Waals surface area (Å²) in [5.41, 5.74) is 0.806. The lowest BCUT2D eigenvalue weighted by molar-refractivity contribution is -0.694. The number of methoxy groups -OCH3 is 1. The van der Waals surface area contributed by atoms with E-state index < -0.39 is 5.97 Å². The summed E-state index contributed by atoms with van der Waals surface area (Å²) < 4.78 is 6.30. The summed E-state index contributed by atoms with van der Waals surface area (Å²) in [5.74, 6) is -1.37. The molecule has 1 unspecified atom stereocenters. The number of rotatable bonds is 5. The molecule has 0 saturated carbocycles. The number of aliphatic carboxylic acids is 1. The van der Waals surface area contributed by atoms with Crippen molar-refractivity contribution in [1.29, 1.82) is 0 Å². The Morgan fingerprint density at radius 3 is 2.76 bits per heavy atom. The second-order valence-corrected chi connectivity index (χ2v) is 3.83. The number of pyridine rings is 1. The average molecular weight is 238 g/mol. The lowest BCUT2D eigenvalue weighted by Gasteiger charge is -2.08. The summed E-state index contributed by atoms with van der Waals surface area (Å²) in [7, 11) is 1.33. The number of hydrogen-bond donors (Lipinski definition) is 1. The predicted octanol–water partition coefficient (Wildman–Crippen LogP) is 0.725. The molecule has 1 rings (SSSR count). The zero-order chi connectivity index (χ0) is 12.8. The van der Waals surface area contributed by atoms with Crippen molar-refractivity contribution in [3.05, 3.63) is 30.1 Å². The topological polar surface area (TPSA) is 67.5 Å². The molecule has 0 aromatic carbocycles. The van der Waals surface area contributed by atoms with Gasteiger partial charge in [0.15, 0.2) is 11.9 Å². The van der Waals surface area contributed by atoms with E-state index in [1.807, 2.05) is 19.1 Å². The van der Waals surface area contributed by atoms with Crippen molar-refractivity contribution < 1.29 is 24.0 Å². The van der Waals surface area contributed by atoms with E-state index in [2.05, 4.69) is 4.74 Å². The molecule has 0 aliphatic heterocycles. The number of ether oxygens (including phenoxy) is 1. The van der Waals surface area contributed by atoms with E-state index >= 15 is 0 Å². The Morgan fingerprint density at radius 2 is 2.18 bits per heavy atom. The maximum atomic E-state index is 11.2. The zero-order valence-electron chi connectivity index (χ0n) is 9.92. The van der Waals surface area contributed by atoms with Crippen molar-refractivity contribution in [3.8, 4) is 0 Å². The Morgan fingerprint density at radius 1 is 1.47 bits per heavy atom. The third kappa shape index (κ3) is 3.86. The van der Waals surface area contributed by atoms with Crippen LogP contribution in [-0.4, -0.2) is 24.2 Å². The summed E-state index contributed by atoms with van der Waals surface area (Å²) in [6.07, 6.45) is 1.77. The molecule has 1 aromatic heterocycles. The smallest absolute Gasteiger partial charge is 0.372 e. The third-order valence-corrected chi connectivity index (χ3v) is 2.49. The van der Waals surface area contributed by atoms with Crippen LogP contribution >= 0.6 is 0 Å². The first kappa shape index (κ1) is 13.2. The van der Waals surface area contributed by atoms with Gasteiger partial charge >= 0.3 is 11.9 Å². The summed E-state index contributed by atoms with van der Waals surface area (Å²) in [5, 5.41) is 8.76. The number of carboxylic acids is 1. The zero-order valence-corrected chi connectivity index (χ0v) is 9.92. The minimum atomic E-state index is -0.856. The van der Waals surface area contributed by atoms with Crippen molar-refractivity contribution >= 4 is 11.9 Å². The van der Waals surface area contributed by atoms with E-state index in [4.69, 9.17) is 5.11 Å². The van der Waals surface area contributed by atoms with Gasteiger partial charge in [0, 0.05) is 12.1 Å². The van der Waals surface area contributed by atoms with E-state index in [0.717, 1.165) is 5.69 Å². The van der Waals surface area contributed by atoms with Gasteiger partial charge in [-0.3, -0.25) is 4.79 Å². The first-order chi connectivity index (χ1) is 8.04. The normalized spacial score (nSPS) is 11.9. The molecule has 1 aromatic rings. The molecule has 1 N–H and O–H groups in total. The van der Waals surface area contributed by atoms with E-state index in [1.54, 1.807) is 16.8 Å². The molecule has 0 aliphatic rings. The number of carbonyl (C=O) groups excluding carboxylic acids is 1. The molecule has 1 atom stereocenters. The molecule has 0 bridgehead atoms. The fraction of sp³-hybridized carbons (Fsp3) is 0.417. The summed E-state index contributed by atoms with van der Waals surface area (Å²) in [6, 6.07) is 5.43. The second kappa shape index (κ2) is 5.98. The molecular weight excluding hydrogens is 222 g/mol. The van der Waals surface area contributed by atoms with Gasteiger partial charge in [0.05, 0.1) is 19.4 Å². The van der Waals surface area contributed by atoms with Gasteiger partial charge in [-0.25, -0.2) is 4.79 Å². The quantitative estimate of drug-likeness (QED) is 0.606. The Bertz CT molecular complexity index is 417. The van der Waals surface area contributed by atoms with Crippen LogP contribution in [0.4, 0.5) is 0 Å². The van der Waals surface area contributed by atoms with Crippen LogP contribution in [0.2, 0.25) is 0 Å². The van der Waals surface area contributed by atoms with Crippen molar-refractivity contribution in [2.24, 2.45) is 0 Å². The first-order valence-electron chi connectivity index (χ1n) is 5.31. The van der Waals surface area contributed by atoms with Gasteiger partial charge in [0.2, 0.25) is 6.54 Å². The Labute approximate surface area is 99.6 Å². The Kier molecular flexibility index (Phi) is 4.63. The van der Waals surface area contributed by atoms with Crippen molar-refractivity contribution in [1.82, 2.24) is 0 Å². The Hall–Kier alpha value is -1.91. The van der Waals surface area contributed by atoms with E-state index in [0.29, 0.717) is 0 Å². The standard InChI is InChI=1S/C12H15NO4/c1-9(7-11(14)15)10-5-3-4-6-13(10)8-12(16)17-2/h3-6,9H,7-8H2,1-2H3/p+1. The van der Waals surface area contributed by atoms with Gasteiger partial charge in [0.25, 0.3) is 0 Å². The predicted molar refractivity (Wildman–Crippen MR) is 59.3 cm³/mol. The van der Waals surface area contributed by atoms with Crippen LogP contribution in [0.15, 0.2) is 24.4 Å². The highest BCUT2D eigenvalue weighted by atomic mass is 16.5. The number of carboxylic acid groups (broad SMARTS) is 1. The van der Waals surface area contributed by atoms with Gasteiger partial charge < -0.3 is 9.84 Å². The van der Waals surface area contributed by atoms with Crippen molar-refractivity contribution in [2.45, 2.75) is 25.8 Å². The van der Waals surface area contributed by atoms with Crippen LogP contribution in [0.5, 0.6) is 0 Å². The van der Waals surface area contributed by atoms with Gasteiger partial charge in [-0.15, -0.1) is 0 Å². The van der Waals surface area contributed by atoms with Crippen LogP contribution in [0, 0.1) is 0 Å². The van der Waals surface area contributed by atoms with Gasteiger partial charge in [0.1, 0.15) is 0 Å². The number of nitrogens with zero attached hydrogens (tertiary/aromatic N) is 1. The molecule has 17 heavy (non-hydrogen) atoms. The monoisotopic (exact) mass is 238 g/mol. The largest absolute Gasteiger partial charge is 0.481 e.